The molecule has 1 heterocycles. The summed E-state index contributed by atoms with van der Waals surface area (Å²) in [5.41, 5.74) is 0. The summed E-state index contributed by atoms with van der Waals surface area (Å²) >= 11 is 0. The van der Waals surface area contributed by atoms with Gasteiger partial charge in [0, 0.05) is 20.2 Å². The average Bonchev–Trinajstić information content (AvgIpc) is 2.43. The molecule has 0 aromatic rings. The summed E-state index contributed by atoms with van der Waals surface area (Å²) in [7, 11) is 4.07. The number of fused-ring (bicyclic) bond motifs is 1. The van der Waals surface area contributed by atoms with E-state index in [1.807, 2.05) is 7.11 Å². The number of ether oxygens (including phenoxy) is 1. The van der Waals surface area contributed by atoms with Crippen LogP contribution < -0.4 is 0 Å². The van der Waals surface area contributed by atoms with Gasteiger partial charge in [0.1, 0.15) is 0 Å². The van der Waals surface area contributed by atoms with E-state index in [1.54, 1.807) is 0 Å². The maximum absolute atomic E-state index is 5.36. The largest absolute Gasteiger partial charge is 0.381 e. The maximum atomic E-state index is 5.36. The molecule has 2 heteroatoms. The van der Waals surface area contributed by atoms with E-state index in [0.29, 0.717) is 6.10 Å². The minimum atomic E-state index is 0.568. The Kier molecular flexibility index (Phi) is 1.90. The highest BCUT2D eigenvalue weighted by Crippen LogP contribution is 2.38. The molecule has 2 nitrogen and oxygen atoms in total. The number of likely N-dealkylation sites (tertiary alicyclic amines) is 1. The highest BCUT2D eigenvalue weighted by molar-refractivity contribution is 4.91. The van der Waals surface area contributed by atoms with Crippen LogP contribution in [0.2, 0.25) is 0 Å². The molecule has 3 atom stereocenters. The van der Waals surface area contributed by atoms with Gasteiger partial charge in [-0.3, -0.25) is 0 Å². The van der Waals surface area contributed by atoms with Gasteiger partial charge in [-0.2, -0.15) is 0 Å². The van der Waals surface area contributed by atoms with Gasteiger partial charge in [-0.15, -0.1) is 0 Å². The van der Waals surface area contributed by atoms with Crippen molar-refractivity contribution in [2.45, 2.75) is 18.9 Å². The van der Waals surface area contributed by atoms with Crippen LogP contribution in [0.4, 0.5) is 0 Å². The van der Waals surface area contributed by atoms with Gasteiger partial charge in [0.15, 0.2) is 0 Å². The summed E-state index contributed by atoms with van der Waals surface area (Å²) in [4.78, 5) is 2.45. The van der Waals surface area contributed by atoms with Crippen molar-refractivity contribution in [3.63, 3.8) is 0 Å². The van der Waals surface area contributed by atoms with Gasteiger partial charge in [0.2, 0.25) is 0 Å². The number of rotatable bonds is 1. The van der Waals surface area contributed by atoms with E-state index in [9.17, 15) is 0 Å². The van der Waals surface area contributed by atoms with Crippen LogP contribution in [0.5, 0.6) is 0 Å². The van der Waals surface area contributed by atoms with E-state index in [0.717, 1.165) is 11.8 Å². The zero-order chi connectivity index (χ0) is 7.84. The molecule has 64 valence electrons. The smallest absolute Gasteiger partial charge is 0.0577 e. The highest BCUT2D eigenvalue weighted by atomic mass is 16.5. The predicted octanol–water partition coefficient (Wildman–Crippen LogP) is 0.973. The molecule has 2 aliphatic rings. The molecule has 0 aromatic carbocycles. The number of methoxy groups -OCH3 is 1. The van der Waals surface area contributed by atoms with Gasteiger partial charge in [-0.05, 0) is 31.7 Å². The molecule has 0 amide bonds. The van der Waals surface area contributed by atoms with Crippen LogP contribution in [-0.2, 0) is 4.74 Å². The summed E-state index contributed by atoms with van der Waals surface area (Å²) < 4.78 is 5.36. The van der Waals surface area contributed by atoms with Crippen LogP contribution in [-0.4, -0.2) is 38.3 Å². The lowest BCUT2D eigenvalue weighted by molar-refractivity contribution is 0.0981. The van der Waals surface area contributed by atoms with Gasteiger partial charge in [-0.25, -0.2) is 0 Å². The van der Waals surface area contributed by atoms with E-state index in [-0.39, 0.29) is 0 Å². The van der Waals surface area contributed by atoms with E-state index in [1.165, 1.54) is 25.9 Å². The third-order valence-corrected chi connectivity index (χ3v) is 3.22. The first-order valence-corrected chi connectivity index (χ1v) is 4.51. The van der Waals surface area contributed by atoms with E-state index < -0.39 is 0 Å². The van der Waals surface area contributed by atoms with Crippen molar-refractivity contribution in [1.82, 2.24) is 4.90 Å². The van der Waals surface area contributed by atoms with Crippen molar-refractivity contribution in [2.24, 2.45) is 11.8 Å². The Morgan fingerprint density at radius 1 is 1.18 bits per heavy atom. The Labute approximate surface area is 68.5 Å². The van der Waals surface area contributed by atoms with Crippen molar-refractivity contribution in [1.29, 1.82) is 0 Å². The molecule has 0 bridgehead atoms. The summed E-state index contributed by atoms with van der Waals surface area (Å²) in [6.45, 7) is 2.59. The Balaban J connectivity index is 1.93. The topological polar surface area (TPSA) is 12.5 Å². The number of hydrogen-bond donors (Lipinski definition) is 0. The fourth-order valence-electron chi connectivity index (χ4n) is 2.67. The first-order valence-electron chi connectivity index (χ1n) is 4.51. The Bertz CT molecular complexity index is 134. The predicted molar refractivity (Wildman–Crippen MR) is 44.5 cm³/mol. The van der Waals surface area contributed by atoms with Gasteiger partial charge in [0.25, 0.3) is 0 Å². The molecule has 2 rings (SSSR count). The molecule has 2 fully saturated rings. The zero-order valence-electron chi connectivity index (χ0n) is 7.42. The Morgan fingerprint density at radius 2 is 1.73 bits per heavy atom. The van der Waals surface area contributed by atoms with Crippen molar-refractivity contribution in [3.8, 4) is 0 Å². The molecule has 11 heavy (non-hydrogen) atoms. The fourth-order valence-corrected chi connectivity index (χ4v) is 2.67. The van der Waals surface area contributed by atoms with E-state index in [2.05, 4.69) is 11.9 Å². The van der Waals surface area contributed by atoms with Crippen LogP contribution in [0.1, 0.15) is 12.8 Å². The molecule has 1 saturated carbocycles. The summed E-state index contributed by atoms with van der Waals surface area (Å²) in [5, 5.41) is 0. The second kappa shape index (κ2) is 2.76. The second-order valence-electron chi connectivity index (χ2n) is 4.07. The molecular weight excluding hydrogens is 138 g/mol. The molecule has 0 aromatic heterocycles. The van der Waals surface area contributed by atoms with Crippen LogP contribution in [0, 0.1) is 11.8 Å². The highest BCUT2D eigenvalue weighted by Gasteiger charge is 2.39. The number of nitrogens with zero attached hydrogens (tertiary/aromatic N) is 1. The molecule has 2 unspecified atom stereocenters. The van der Waals surface area contributed by atoms with Crippen LogP contribution in [0.15, 0.2) is 0 Å². The first kappa shape index (κ1) is 7.56. The summed E-state index contributed by atoms with van der Waals surface area (Å²) in [6, 6.07) is 0. The lowest BCUT2D eigenvalue weighted by Gasteiger charge is -2.12. The molecular formula is C9H17NO. The zero-order valence-corrected chi connectivity index (χ0v) is 7.42. The first-order chi connectivity index (χ1) is 5.29. The average molecular weight is 155 g/mol. The van der Waals surface area contributed by atoms with Crippen LogP contribution in [0.3, 0.4) is 0 Å². The van der Waals surface area contributed by atoms with Gasteiger partial charge >= 0.3 is 0 Å². The van der Waals surface area contributed by atoms with Gasteiger partial charge < -0.3 is 9.64 Å². The van der Waals surface area contributed by atoms with Crippen molar-refractivity contribution < 1.29 is 4.74 Å². The van der Waals surface area contributed by atoms with Crippen LogP contribution >= 0.6 is 0 Å². The van der Waals surface area contributed by atoms with Gasteiger partial charge in [-0.1, -0.05) is 0 Å². The minimum absolute atomic E-state index is 0.568. The van der Waals surface area contributed by atoms with Crippen molar-refractivity contribution in [3.05, 3.63) is 0 Å². The normalized spacial score (nSPS) is 44.7. The van der Waals surface area contributed by atoms with Crippen molar-refractivity contribution >= 4 is 0 Å². The monoisotopic (exact) mass is 155 g/mol. The van der Waals surface area contributed by atoms with Crippen molar-refractivity contribution in [2.75, 3.05) is 27.2 Å². The molecule has 1 aliphatic heterocycles. The molecule has 0 N–H and O–H groups in total. The second-order valence-corrected chi connectivity index (χ2v) is 4.07. The fraction of sp³-hybridized carbons (Fsp3) is 1.00. The SMILES string of the molecule is COC1CC2CN(C)C[C@@H]2C1. The molecule has 0 radical (unpaired) electrons. The molecule has 0 spiro atoms. The third-order valence-electron chi connectivity index (χ3n) is 3.22. The Hall–Kier alpha value is -0.0800. The van der Waals surface area contributed by atoms with Crippen LogP contribution in [0.25, 0.3) is 0 Å². The quantitative estimate of drug-likeness (QED) is 0.559. The maximum Gasteiger partial charge on any atom is 0.0577 e. The van der Waals surface area contributed by atoms with E-state index >= 15 is 0 Å². The molecule has 1 aliphatic carbocycles. The standard InChI is InChI=1S/C9H17NO/c1-10-5-7-3-9(11-2)4-8(7)6-10/h7-9H,3-6H2,1-2H3/t7-,8?,9?/m0/s1. The summed E-state index contributed by atoms with van der Waals surface area (Å²) in [6.07, 6.45) is 3.16. The lowest BCUT2D eigenvalue weighted by Crippen LogP contribution is -2.18. The minimum Gasteiger partial charge on any atom is -0.381 e. The Morgan fingerprint density at radius 3 is 2.18 bits per heavy atom. The lowest BCUT2D eigenvalue weighted by atomic mass is 10.0. The molecule has 1 saturated heterocycles. The number of hydrogen-bond acceptors (Lipinski definition) is 2. The summed E-state index contributed by atoms with van der Waals surface area (Å²) in [5.74, 6) is 1.87. The van der Waals surface area contributed by atoms with Gasteiger partial charge in [0.05, 0.1) is 6.10 Å². The van der Waals surface area contributed by atoms with E-state index in [4.69, 9.17) is 4.74 Å². The third kappa shape index (κ3) is 1.30.